The predicted molar refractivity (Wildman–Crippen MR) is 85.7 cm³/mol. The van der Waals surface area contributed by atoms with Crippen molar-refractivity contribution in [2.24, 2.45) is 0 Å². The van der Waals surface area contributed by atoms with Crippen LogP contribution in [0, 0.1) is 0 Å². The minimum atomic E-state index is -4.38. The van der Waals surface area contributed by atoms with Crippen LogP contribution in [-0.2, 0) is 9.53 Å². The molecule has 0 atom stereocenters. The van der Waals surface area contributed by atoms with Gasteiger partial charge in [0, 0.05) is 12.8 Å². The molecule has 0 bridgehead atoms. The van der Waals surface area contributed by atoms with Crippen LogP contribution in [-0.4, -0.2) is 44.5 Å². The number of rotatable bonds is 5. The summed E-state index contributed by atoms with van der Waals surface area (Å²) in [5.41, 5.74) is -0.402. The van der Waals surface area contributed by atoms with Crippen molar-refractivity contribution in [1.29, 1.82) is 0 Å². The third-order valence-electron chi connectivity index (χ3n) is 3.73. The zero-order chi connectivity index (χ0) is 16.9. The van der Waals surface area contributed by atoms with Crippen molar-refractivity contribution >= 4 is 24.0 Å². The topological polar surface area (TPSA) is 59.6 Å². The van der Waals surface area contributed by atoms with E-state index in [4.69, 9.17) is 4.74 Å². The summed E-state index contributed by atoms with van der Waals surface area (Å²) in [5.74, 6) is -0.172. The molecule has 2 N–H and O–H groups in total. The number of carbonyl (C=O) groups is 1. The second-order valence-corrected chi connectivity index (χ2v) is 5.33. The molecule has 1 aromatic carbocycles. The Labute approximate surface area is 144 Å². The normalized spacial score (nSPS) is 16.8. The molecule has 0 unspecified atom stereocenters. The Bertz CT molecular complexity index is 532. The highest BCUT2D eigenvalue weighted by molar-refractivity contribution is 5.97. The number of halogens is 4. The van der Waals surface area contributed by atoms with Crippen LogP contribution in [0.1, 0.15) is 12.8 Å². The lowest BCUT2D eigenvalue weighted by Gasteiger charge is -2.34. The average molecular weight is 369 g/mol. The number of alkyl halides is 3. The molecule has 0 radical (unpaired) electrons. The van der Waals surface area contributed by atoms with E-state index in [1.807, 2.05) is 0 Å². The van der Waals surface area contributed by atoms with Crippen molar-refractivity contribution in [2.45, 2.75) is 24.6 Å². The quantitative estimate of drug-likeness (QED) is 0.839. The van der Waals surface area contributed by atoms with E-state index in [2.05, 4.69) is 15.4 Å². The van der Waals surface area contributed by atoms with Crippen LogP contribution in [0.3, 0.4) is 0 Å². The molecule has 0 saturated carbocycles. The number of ether oxygens (including phenoxy) is 2. The summed E-state index contributed by atoms with van der Waals surface area (Å²) in [6.45, 7) is 0.0233. The SMILES string of the molecule is COC1(C(=O)Nc2ccc(OCC(F)(F)F)cc2)CCNCC1.Cl. The van der Waals surface area contributed by atoms with Gasteiger partial charge in [0.05, 0.1) is 0 Å². The molecule has 1 fully saturated rings. The zero-order valence-corrected chi connectivity index (χ0v) is 13.9. The van der Waals surface area contributed by atoms with Gasteiger partial charge in [0.15, 0.2) is 6.61 Å². The molecule has 0 spiro atoms. The van der Waals surface area contributed by atoms with E-state index in [0.29, 0.717) is 31.6 Å². The Morgan fingerprint density at radius 1 is 1.25 bits per heavy atom. The summed E-state index contributed by atoms with van der Waals surface area (Å²) < 4.78 is 46.3. The van der Waals surface area contributed by atoms with E-state index < -0.39 is 18.4 Å². The van der Waals surface area contributed by atoms with Crippen LogP contribution in [0.15, 0.2) is 24.3 Å². The molecule has 1 saturated heterocycles. The van der Waals surface area contributed by atoms with Gasteiger partial charge in [0.25, 0.3) is 5.91 Å². The maximum atomic E-state index is 12.4. The Hall–Kier alpha value is -1.51. The summed E-state index contributed by atoms with van der Waals surface area (Å²) >= 11 is 0. The van der Waals surface area contributed by atoms with Crippen molar-refractivity contribution in [3.8, 4) is 5.75 Å². The number of hydrogen-bond acceptors (Lipinski definition) is 4. The molecule has 1 amide bonds. The monoisotopic (exact) mass is 368 g/mol. The van der Waals surface area contributed by atoms with Gasteiger partial charge < -0.3 is 20.1 Å². The van der Waals surface area contributed by atoms with E-state index in [0.717, 1.165) is 0 Å². The molecule has 2 rings (SSSR count). The van der Waals surface area contributed by atoms with Crippen molar-refractivity contribution in [1.82, 2.24) is 5.32 Å². The third-order valence-corrected chi connectivity index (χ3v) is 3.73. The highest BCUT2D eigenvalue weighted by Crippen LogP contribution is 2.25. The van der Waals surface area contributed by atoms with Crippen LogP contribution in [0.2, 0.25) is 0 Å². The van der Waals surface area contributed by atoms with Crippen molar-refractivity contribution in [2.75, 3.05) is 32.1 Å². The van der Waals surface area contributed by atoms with Gasteiger partial charge in [-0.2, -0.15) is 13.2 Å². The third kappa shape index (κ3) is 5.54. The van der Waals surface area contributed by atoms with Crippen LogP contribution in [0.25, 0.3) is 0 Å². The number of benzene rings is 1. The van der Waals surface area contributed by atoms with Gasteiger partial charge >= 0.3 is 6.18 Å². The van der Waals surface area contributed by atoms with E-state index in [-0.39, 0.29) is 24.1 Å². The van der Waals surface area contributed by atoms with Crippen molar-refractivity contribution in [3.63, 3.8) is 0 Å². The van der Waals surface area contributed by atoms with Gasteiger partial charge in [-0.1, -0.05) is 0 Å². The van der Waals surface area contributed by atoms with Gasteiger partial charge in [-0.05, 0) is 50.2 Å². The van der Waals surface area contributed by atoms with Crippen molar-refractivity contribution < 1.29 is 27.4 Å². The van der Waals surface area contributed by atoms with E-state index in [1.165, 1.54) is 31.4 Å². The minimum absolute atomic E-state index is 0. The highest BCUT2D eigenvalue weighted by atomic mass is 35.5. The number of carbonyl (C=O) groups excluding carboxylic acids is 1. The molecular weight excluding hydrogens is 349 g/mol. The highest BCUT2D eigenvalue weighted by Gasteiger charge is 2.39. The lowest BCUT2D eigenvalue weighted by atomic mass is 9.91. The first kappa shape index (κ1) is 20.5. The fraction of sp³-hybridized carbons (Fsp3) is 0.533. The molecule has 1 aliphatic rings. The number of hydrogen-bond donors (Lipinski definition) is 2. The summed E-state index contributed by atoms with van der Waals surface area (Å²) in [6, 6.07) is 5.74. The van der Waals surface area contributed by atoms with E-state index in [9.17, 15) is 18.0 Å². The van der Waals surface area contributed by atoms with E-state index in [1.54, 1.807) is 0 Å². The Morgan fingerprint density at radius 3 is 2.33 bits per heavy atom. The smallest absolute Gasteiger partial charge is 0.422 e. The Kier molecular flexibility index (Phi) is 7.31. The lowest BCUT2D eigenvalue weighted by molar-refractivity contribution is -0.153. The molecule has 1 aromatic rings. The molecule has 9 heteroatoms. The Balaban J connectivity index is 0.00000288. The van der Waals surface area contributed by atoms with Crippen LogP contribution in [0.4, 0.5) is 18.9 Å². The maximum Gasteiger partial charge on any atom is 0.422 e. The minimum Gasteiger partial charge on any atom is -0.484 e. The molecule has 5 nitrogen and oxygen atoms in total. The number of anilines is 1. The number of piperidine rings is 1. The lowest BCUT2D eigenvalue weighted by Crippen LogP contribution is -2.51. The number of nitrogens with one attached hydrogen (secondary N) is 2. The van der Waals surface area contributed by atoms with Gasteiger partial charge in [-0.15, -0.1) is 12.4 Å². The standard InChI is InChI=1S/C15H19F3N2O3.ClH/c1-22-14(6-8-19-9-7-14)13(21)20-11-2-4-12(5-3-11)23-10-15(16,17)18;/h2-5,19H,6-10H2,1H3,(H,20,21);1H. The first-order valence-electron chi connectivity index (χ1n) is 7.22. The zero-order valence-electron chi connectivity index (χ0n) is 13.1. The fourth-order valence-electron chi connectivity index (χ4n) is 2.40. The van der Waals surface area contributed by atoms with Gasteiger partial charge in [0.1, 0.15) is 11.4 Å². The molecule has 0 aliphatic carbocycles. The van der Waals surface area contributed by atoms with Crippen molar-refractivity contribution in [3.05, 3.63) is 24.3 Å². The fourth-order valence-corrected chi connectivity index (χ4v) is 2.40. The van der Waals surface area contributed by atoms with Crippen LogP contribution >= 0.6 is 12.4 Å². The number of amides is 1. The van der Waals surface area contributed by atoms with Gasteiger partial charge in [0.2, 0.25) is 0 Å². The van der Waals surface area contributed by atoms with Crippen LogP contribution < -0.4 is 15.4 Å². The summed E-state index contributed by atoms with van der Waals surface area (Å²) in [7, 11) is 1.50. The predicted octanol–water partition coefficient (Wildman–Crippen LogP) is 2.76. The first-order valence-corrected chi connectivity index (χ1v) is 7.22. The molecular formula is C15H20ClF3N2O3. The van der Waals surface area contributed by atoms with Crippen LogP contribution in [0.5, 0.6) is 5.75 Å². The van der Waals surface area contributed by atoms with E-state index >= 15 is 0 Å². The molecule has 1 heterocycles. The molecule has 136 valence electrons. The molecule has 0 aromatic heterocycles. The molecule has 24 heavy (non-hydrogen) atoms. The number of methoxy groups -OCH3 is 1. The van der Waals surface area contributed by atoms with Gasteiger partial charge in [-0.3, -0.25) is 4.79 Å². The largest absolute Gasteiger partial charge is 0.484 e. The average Bonchev–Trinajstić information content (AvgIpc) is 2.54. The summed E-state index contributed by atoms with van der Waals surface area (Å²) in [6.07, 6.45) is -3.27. The summed E-state index contributed by atoms with van der Waals surface area (Å²) in [4.78, 5) is 12.4. The second-order valence-electron chi connectivity index (χ2n) is 5.33. The first-order chi connectivity index (χ1) is 10.8. The molecule has 1 aliphatic heterocycles. The summed E-state index contributed by atoms with van der Waals surface area (Å²) in [5, 5.41) is 5.89. The maximum absolute atomic E-state index is 12.4. The second kappa shape index (κ2) is 8.55. The Morgan fingerprint density at radius 2 is 1.83 bits per heavy atom. The van der Waals surface area contributed by atoms with Gasteiger partial charge in [-0.25, -0.2) is 0 Å².